The third-order valence-corrected chi connectivity index (χ3v) is 1.19. The number of nitrogens with zero attached hydrogens (tertiary/aromatic N) is 1. The average molecular weight is 155 g/mol. The maximum Gasteiger partial charge on any atom is 0.443 e. The molecular weight excluding hydrogens is 150 g/mol. The molecule has 1 heterocycles. The van der Waals surface area contributed by atoms with Gasteiger partial charge >= 0.3 is 5.88 Å². The Kier molecular flexibility index (Phi) is 1.72. The van der Waals surface area contributed by atoms with Crippen LogP contribution in [-0.4, -0.2) is 10.7 Å². The van der Waals surface area contributed by atoms with Crippen LogP contribution in [-0.2, 0) is 0 Å². The van der Waals surface area contributed by atoms with Crippen LogP contribution in [0.4, 0.5) is 5.88 Å². The fourth-order valence-corrected chi connectivity index (χ4v) is 0.711. The van der Waals surface area contributed by atoms with Gasteiger partial charge in [-0.25, -0.2) is 0 Å². The van der Waals surface area contributed by atoms with Crippen LogP contribution in [0.15, 0.2) is 16.7 Å². The highest BCUT2D eigenvalue weighted by Gasteiger charge is 2.20. The van der Waals surface area contributed by atoms with E-state index in [0.717, 1.165) is 6.26 Å². The van der Waals surface area contributed by atoms with Crippen LogP contribution in [0.25, 0.3) is 0 Å². The molecule has 0 radical (unpaired) electrons. The van der Waals surface area contributed by atoms with Gasteiger partial charge in [-0.15, -0.1) is 0 Å². The fourth-order valence-electron chi connectivity index (χ4n) is 0.711. The van der Waals surface area contributed by atoms with Crippen molar-refractivity contribution in [3.8, 4) is 0 Å². The Morgan fingerprint density at radius 3 is 2.73 bits per heavy atom. The summed E-state index contributed by atoms with van der Waals surface area (Å²) in [4.78, 5) is 20.1. The molecule has 0 aliphatic carbocycles. The Labute approximate surface area is 61.8 Å². The van der Waals surface area contributed by atoms with E-state index in [1.54, 1.807) is 0 Å². The van der Waals surface area contributed by atoms with Gasteiger partial charge in [0.1, 0.15) is 10.5 Å². The molecule has 0 fully saturated rings. The van der Waals surface area contributed by atoms with E-state index in [1.165, 1.54) is 13.0 Å². The second kappa shape index (κ2) is 2.53. The molecule has 0 aromatic carbocycles. The molecule has 58 valence electrons. The van der Waals surface area contributed by atoms with E-state index in [9.17, 15) is 14.9 Å². The van der Waals surface area contributed by atoms with E-state index in [4.69, 9.17) is 0 Å². The van der Waals surface area contributed by atoms with Crippen LogP contribution >= 0.6 is 0 Å². The quantitative estimate of drug-likeness (QED) is 0.367. The number of hydrogen-bond acceptors (Lipinski definition) is 4. The molecular formula is C6H5NO4. The molecule has 0 saturated heterocycles. The van der Waals surface area contributed by atoms with Gasteiger partial charge in [0.2, 0.25) is 0 Å². The van der Waals surface area contributed by atoms with Gasteiger partial charge in [-0.05, 0) is 13.0 Å². The molecule has 0 N–H and O–H groups in total. The number of furan rings is 1. The number of hydrogen-bond donors (Lipinski definition) is 0. The van der Waals surface area contributed by atoms with Gasteiger partial charge in [-0.3, -0.25) is 14.9 Å². The molecule has 0 bridgehead atoms. The lowest BCUT2D eigenvalue weighted by molar-refractivity contribution is -0.402. The van der Waals surface area contributed by atoms with Crippen molar-refractivity contribution in [1.82, 2.24) is 0 Å². The Bertz CT molecular complexity index is 273. The molecule has 1 aromatic heterocycles. The van der Waals surface area contributed by atoms with Crippen molar-refractivity contribution in [2.45, 2.75) is 6.92 Å². The second-order valence-electron chi connectivity index (χ2n) is 1.95. The number of rotatable bonds is 2. The van der Waals surface area contributed by atoms with Gasteiger partial charge in [-0.2, -0.15) is 0 Å². The van der Waals surface area contributed by atoms with Gasteiger partial charge in [0, 0.05) is 0 Å². The smallest absolute Gasteiger partial charge is 0.409 e. The monoisotopic (exact) mass is 155 g/mol. The lowest BCUT2D eigenvalue weighted by Crippen LogP contribution is -1.95. The van der Waals surface area contributed by atoms with E-state index in [0.29, 0.717) is 0 Å². The summed E-state index contributed by atoms with van der Waals surface area (Å²) in [7, 11) is 0. The van der Waals surface area contributed by atoms with Crippen LogP contribution in [0, 0.1) is 10.1 Å². The average Bonchev–Trinajstić information content (AvgIpc) is 2.32. The molecule has 0 aliphatic heterocycles. The molecule has 0 atom stereocenters. The van der Waals surface area contributed by atoms with Gasteiger partial charge in [0.25, 0.3) is 0 Å². The summed E-state index contributed by atoms with van der Waals surface area (Å²) < 4.78 is 4.47. The number of ketones is 1. The van der Waals surface area contributed by atoms with Crippen molar-refractivity contribution in [3.63, 3.8) is 0 Å². The maximum atomic E-state index is 10.7. The first-order valence-corrected chi connectivity index (χ1v) is 2.85. The van der Waals surface area contributed by atoms with Crippen molar-refractivity contribution in [1.29, 1.82) is 0 Å². The summed E-state index contributed by atoms with van der Waals surface area (Å²) in [6.07, 6.45) is 1.12. The third kappa shape index (κ3) is 1.26. The second-order valence-corrected chi connectivity index (χ2v) is 1.95. The Hall–Kier alpha value is -1.65. The Morgan fingerprint density at radius 1 is 1.73 bits per heavy atom. The summed E-state index contributed by atoms with van der Waals surface area (Å²) >= 11 is 0. The van der Waals surface area contributed by atoms with Gasteiger partial charge < -0.3 is 4.42 Å². The predicted molar refractivity (Wildman–Crippen MR) is 35.4 cm³/mol. The summed E-state index contributed by atoms with van der Waals surface area (Å²) in [6, 6.07) is 1.28. The first-order chi connectivity index (χ1) is 5.13. The summed E-state index contributed by atoms with van der Waals surface area (Å²) in [5, 5.41) is 10.1. The largest absolute Gasteiger partial charge is 0.443 e. The Balaban J connectivity index is 3.16. The van der Waals surface area contributed by atoms with Crippen molar-refractivity contribution in [2.75, 3.05) is 0 Å². The van der Waals surface area contributed by atoms with Crippen molar-refractivity contribution < 1.29 is 14.1 Å². The molecule has 0 aliphatic rings. The van der Waals surface area contributed by atoms with Crippen LogP contribution in [0.5, 0.6) is 0 Å². The zero-order chi connectivity index (χ0) is 8.43. The summed E-state index contributed by atoms with van der Waals surface area (Å²) in [5.74, 6) is -0.858. The van der Waals surface area contributed by atoms with Gasteiger partial charge in [0.05, 0.1) is 6.26 Å². The zero-order valence-corrected chi connectivity index (χ0v) is 5.73. The molecule has 0 unspecified atom stereocenters. The molecule has 1 rings (SSSR count). The lowest BCUT2D eigenvalue weighted by atomic mass is 10.2. The molecule has 11 heavy (non-hydrogen) atoms. The molecule has 0 spiro atoms. The predicted octanol–water partition coefficient (Wildman–Crippen LogP) is 1.39. The maximum absolute atomic E-state index is 10.7. The van der Waals surface area contributed by atoms with E-state index < -0.39 is 10.8 Å². The molecule has 0 amide bonds. The molecule has 5 heteroatoms. The highest BCUT2D eigenvalue weighted by molar-refractivity contribution is 5.97. The fraction of sp³-hybridized carbons (Fsp3) is 0.167. The summed E-state index contributed by atoms with van der Waals surface area (Å²) in [6.45, 7) is 1.25. The van der Waals surface area contributed by atoms with Gasteiger partial charge in [0.15, 0.2) is 5.78 Å². The SMILES string of the molecule is CC(=O)c1ccoc1[N+](=O)[O-]. The van der Waals surface area contributed by atoms with E-state index in [2.05, 4.69) is 4.42 Å². The molecule has 5 nitrogen and oxygen atoms in total. The third-order valence-electron chi connectivity index (χ3n) is 1.19. The van der Waals surface area contributed by atoms with E-state index >= 15 is 0 Å². The van der Waals surface area contributed by atoms with E-state index in [-0.39, 0.29) is 11.3 Å². The van der Waals surface area contributed by atoms with Crippen LogP contribution in [0.1, 0.15) is 17.3 Å². The van der Waals surface area contributed by atoms with Crippen molar-refractivity contribution in [2.24, 2.45) is 0 Å². The van der Waals surface area contributed by atoms with Crippen LogP contribution in [0.3, 0.4) is 0 Å². The topological polar surface area (TPSA) is 73.3 Å². The highest BCUT2D eigenvalue weighted by Crippen LogP contribution is 2.19. The molecule has 0 saturated carbocycles. The van der Waals surface area contributed by atoms with E-state index in [1.807, 2.05) is 0 Å². The number of Topliss-reactive ketones (excluding diaryl/α,β-unsaturated/α-hetero) is 1. The lowest BCUT2D eigenvalue weighted by Gasteiger charge is -1.86. The van der Waals surface area contributed by atoms with Crippen molar-refractivity contribution >= 4 is 11.7 Å². The normalized spacial score (nSPS) is 9.55. The first-order valence-electron chi connectivity index (χ1n) is 2.85. The number of carbonyl (C=O) groups excluding carboxylic acids is 1. The number of carbonyl (C=O) groups is 1. The highest BCUT2D eigenvalue weighted by atomic mass is 16.6. The number of nitro groups is 1. The minimum absolute atomic E-state index is 0.00926. The standard InChI is InChI=1S/C6H5NO4/c1-4(8)5-2-3-11-6(5)7(9)10/h2-3H,1H3. The van der Waals surface area contributed by atoms with Crippen LogP contribution in [0.2, 0.25) is 0 Å². The summed E-state index contributed by atoms with van der Waals surface area (Å²) in [5.41, 5.74) is 0.00926. The van der Waals surface area contributed by atoms with Crippen molar-refractivity contribution in [3.05, 3.63) is 28.0 Å². The zero-order valence-electron chi connectivity index (χ0n) is 5.73. The Morgan fingerprint density at radius 2 is 2.36 bits per heavy atom. The first kappa shape index (κ1) is 7.46. The molecule has 1 aromatic rings. The van der Waals surface area contributed by atoms with Gasteiger partial charge in [-0.1, -0.05) is 0 Å². The van der Waals surface area contributed by atoms with Crippen LogP contribution < -0.4 is 0 Å². The minimum Gasteiger partial charge on any atom is -0.409 e. The minimum atomic E-state index is -0.725.